The van der Waals surface area contributed by atoms with Crippen LogP contribution in [0.2, 0.25) is 0 Å². The number of hydrogen-bond donors (Lipinski definition) is 0. The summed E-state index contributed by atoms with van der Waals surface area (Å²) >= 11 is 0. The second-order valence-electron chi connectivity index (χ2n) is 5.95. The smallest absolute Gasteiger partial charge is 0.246 e. The van der Waals surface area contributed by atoms with E-state index >= 15 is 0 Å². The molecule has 1 saturated carbocycles. The van der Waals surface area contributed by atoms with Crippen molar-refractivity contribution in [3.63, 3.8) is 0 Å². The van der Waals surface area contributed by atoms with Crippen LogP contribution in [0.5, 0.6) is 0 Å². The lowest BCUT2D eigenvalue weighted by molar-refractivity contribution is -0.168. The van der Waals surface area contributed by atoms with E-state index in [4.69, 9.17) is 0 Å². The SMILES string of the molecule is CCC1(N2CC(=O)N3CCCCC3C2=O)CCC1. The Kier molecular flexibility index (Phi) is 2.83. The van der Waals surface area contributed by atoms with Crippen LogP contribution in [0, 0.1) is 0 Å². The standard InChI is InChI=1S/C14H22N2O2/c1-2-14(7-5-8-14)16-10-12(17)15-9-4-3-6-11(15)13(16)18/h11H,2-10H2,1H3. The molecule has 2 heterocycles. The van der Waals surface area contributed by atoms with Gasteiger partial charge in [-0.3, -0.25) is 9.59 Å². The van der Waals surface area contributed by atoms with Gasteiger partial charge in [0.15, 0.2) is 0 Å². The molecule has 100 valence electrons. The van der Waals surface area contributed by atoms with Crippen LogP contribution in [0.1, 0.15) is 51.9 Å². The zero-order valence-electron chi connectivity index (χ0n) is 11.2. The molecule has 3 fully saturated rings. The lowest BCUT2D eigenvalue weighted by Gasteiger charge is -2.54. The van der Waals surface area contributed by atoms with E-state index in [0.29, 0.717) is 6.54 Å². The highest BCUT2D eigenvalue weighted by Gasteiger charge is 2.50. The minimum atomic E-state index is -0.149. The van der Waals surface area contributed by atoms with Gasteiger partial charge in [-0.15, -0.1) is 0 Å². The zero-order chi connectivity index (χ0) is 12.8. The molecular weight excluding hydrogens is 228 g/mol. The van der Waals surface area contributed by atoms with E-state index in [2.05, 4.69) is 6.92 Å². The Morgan fingerprint density at radius 3 is 2.61 bits per heavy atom. The van der Waals surface area contributed by atoms with Gasteiger partial charge < -0.3 is 9.80 Å². The molecule has 3 aliphatic rings. The number of amides is 2. The fourth-order valence-corrected chi connectivity index (χ4v) is 3.77. The minimum Gasteiger partial charge on any atom is -0.329 e. The Morgan fingerprint density at radius 2 is 2.00 bits per heavy atom. The average molecular weight is 250 g/mol. The van der Waals surface area contributed by atoms with Crippen LogP contribution >= 0.6 is 0 Å². The topological polar surface area (TPSA) is 40.6 Å². The molecule has 0 aromatic heterocycles. The third-order valence-electron chi connectivity index (χ3n) is 5.18. The first kappa shape index (κ1) is 12.0. The molecular formula is C14H22N2O2. The zero-order valence-corrected chi connectivity index (χ0v) is 11.2. The molecule has 1 atom stereocenters. The number of nitrogens with zero attached hydrogens (tertiary/aromatic N) is 2. The number of carbonyl (C=O) groups excluding carboxylic acids is 2. The molecule has 2 amide bonds. The highest BCUT2D eigenvalue weighted by molar-refractivity contribution is 5.95. The van der Waals surface area contributed by atoms with E-state index in [0.717, 1.165) is 45.1 Å². The fraction of sp³-hybridized carbons (Fsp3) is 0.857. The summed E-state index contributed by atoms with van der Waals surface area (Å²) in [5, 5.41) is 0. The van der Waals surface area contributed by atoms with E-state index in [1.54, 1.807) is 0 Å². The van der Waals surface area contributed by atoms with Gasteiger partial charge in [0.1, 0.15) is 12.6 Å². The van der Waals surface area contributed by atoms with Crippen molar-refractivity contribution in [2.24, 2.45) is 0 Å². The molecule has 2 saturated heterocycles. The molecule has 3 rings (SSSR count). The fourth-order valence-electron chi connectivity index (χ4n) is 3.77. The number of piperidine rings is 1. The van der Waals surface area contributed by atoms with E-state index < -0.39 is 0 Å². The van der Waals surface area contributed by atoms with Gasteiger partial charge in [-0.2, -0.15) is 0 Å². The number of piperazine rings is 1. The summed E-state index contributed by atoms with van der Waals surface area (Å²) in [5.41, 5.74) is 0.0102. The van der Waals surface area contributed by atoms with Crippen LogP contribution in [0.4, 0.5) is 0 Å². The summed E-state index contributed by atoms with van der Waals surface area (Å²) in [4.78, 5) is 28.6. The molecule has 18 heavy (non-hydrogen) atoms. The van der Waals surface area contributed by atoms with Crippen LogP contribution < -0.4 is 0 Å². The largest absolute Gasteiger partial charge is 0.329 e. The monoisotopic (exact) mass is 250 g/mol. The number of hydrogen-bond acceptors (Lipinski definition) is 2. The van der Waals surface area contributed by atoms with Gasteiger partial charge in [0, 0.05) is 12.1 Å². The van der Waals surface area contributed by atoms with Gasteiger partial charge in [0.05, 0.1) is 0 Å². The molecule has 4 heteroatoms. The Bertz CT molecular complexity index is 370. The van der Waals surface area contributed by atoms with Gasteiger partial charge in [0.2, 0.25) is 11.8 Å². The van der Waals surface area contributed by atoms with Crippen molar-refractivity contribution in [2.75, 3.05) is 13.1 Å². The van der Waals surface area contributed by atoms with Crippen LogP contribution in [0.15, 0.2) is 0 Å². The van der Waals surface area contributed by atoms with Gasteiger partial charge in [-0.25, -0.2) is 0 Å². The maximum atomic E-state index is 12.6. The van der Waals surface area contributed by atoms with Gasteiger partial charge in [-0.1, -0.05) is 6.92 Å². The molecule has 0 radical (unpaired) electrons. The van der Waals surface area contributed by atoms with Crippen LogP contribution in [-0.2, 0) is 9.59 Å². The molecule has 0 N–H and O–H groups in total. The minimum absolute atomic E-state index is 0.0102. The van der Waals surface area contributed by atoms with Crippen molar-refractivity contribution < 1.29 is 9.59 Å². The molecule has 1 unspecified atom stereocenters. The Balaban J connectivity index is 1.84. The molecule has 0 aromatic rings. The van der Waals surface area contributed by atoms with Gasteiger partial charge in [-0.05, 0) is 44.9 Å². The van der Waals surface area contributed by atoms with Crippen LogP contribution in [0.25, 0.3) is 0 Å². The summed E-state index contributed by atoms with van der Waals surface area (Å²) in [6.45, 7) is 3.25. The van der Waals surface area contributed by atoms with Crippen molar-refractivity contribution in [2.45, 2.75) is 63.5 Å². The number of carbonyl (C=O) groups is 2. The quantitative estimate of drug-likeness (QED) is 0.746. The second kappa shape index (κ2) is 4.25. The number of rotatable bonds is 2. The predicted octanol–water partition coefficient (Wildman–Crippen LogP) is 1.54. The van der Waals surface area contributed by atoms with E-state index in [1.807, 2.05) is 9.80 Å². The first-order valence-electron chi connectivity index (χ1n) is 7.29. The Hall–Kier alpha value is -1.06. The molecule has 0 spiro atoms. The molecule has 0 aromatic carbocycles. The summed E-state index contributed by atoms with van der Waals surface area (Å²) in [6.07, 6.45) is 7.33. The third-order valence-corrected chi connectivity index (χ3v) is 5.18. The van der Waals surface area contributed by atoms with Crippen molar-refractivity contribution in [1.29, 1.82) is 0 Å². The van der Waals surface area contributed by atoms with Crippen molar-refractivity contribution in [3.05, 3.63) is 0 Å². The number of fused-ring (bicyclic) bond motifs is 1. The van der Waals surface area contributed by atoms with Crippen molar-refractivity contribution >= 4 is 11.8 Å². The predicted molar refractivity (Wildman–Crippen MR) is 67.9 cm³/mol. The maximum Gasteiger partial charge on any atom is 0.246 e. The molecule has 2 aliphatic heterocycles. The highest BCUT2D eigenvalue weighted by Crippen LogP contribution is 2.42. The van der Waals surface area contributed by atoms with E-state index in [-0.39, 0.29) is 23.4 Å². The first-order chi connectivity index (χ1) is 8.68. The Labute approximate surface area is 108 Å². The van der Waals surface area contributed by atoms with Crippen molar-refractivity contribution in [3.8, 4) is 0 Å². The van der Waals surface area contributed by atoms with Crippen molar-refractivity contribution in [1.82, 2.24) is 9.80 Å². The summed E-state index contributed by atoms with van der Waals surface area (Å²) in [6, 6.07) is -0.149. The average Bonchev–Trinajstić information content (AvgIpc) is 2.35. The first-order valence-corrected chi connectivity index (χ1v) is 7.29. The molecule has 0 bridgehead atoms. The van der Waals surface area contributed by atoms with Crippen LogP contribution in [0.3, 0.4) is 0 Å². The molecule has 1 aliphatic carbocycles. The highest BCUT2D eigenvalue weighted by atomic mass is 16.2. The Morgan fingerprint density at radius 1 is 1.22 bits per heavy atom. The van der Waals surface area contributed by atoms with E-state index in [9.17, 15) is 9.59 Å². The second-order valence-corrected chi connectivity index (χ2v) is 5.95. The van der Waals surface area contributed by atoms with E-state index in [1.165, 1.54) is 6.42 Å². The summed E-state index contributed by atoms with van der Waals surface area (Å²) < 4.78 is 0. The third kappa shape index (κ3) is 1.57. The lowest BCUT2D eigenvalue weighted by Crippen LogP contribution is -2.68. The summed E-state index contributed by atoms with van der Waals surface area (Å²) in [7, 11) is 0. The molecule has 4 nitrogen and oxygen atoms in total. The van der Waals surface area contributed by atoms with Gasteiger partial charge >= 0.3 is 0 Å². The summed E-state index contributed by atoms with van der Waals surface area (Å²) in [5.74, 6) is 0.384. The van der Waals surface area contributed by atoms with Gasteiger partial charge in [0.25, 0.3) is 0 Å². The maximum absolute atomic E-state index is 12.6. The lowest BCUT2D eigenvalue weighted by atomic mass is 9.72. The van der Waals surface area contributed by atoms with Crippen LogP contribution in [-0.4, -0.2) is 46.3 Å². The normalized spacial score (nSPS) is 31.1.